The van der Waals surface area contributed by atoms with Crippen molar-refractivity contribution < 1.29 is 4.79 Å². The average Bonchev–Trinajstić information content (AvgIpc) is 1.94. The number of nitrogens with zero attached hydrogens (tertiary/aromatic N) is 1. The number of hydrogen-bond acceptors (Lipinski definition) is 2. The molecule has 0 aromatic carbocycles. The molecule has 0 bridgehead atoms. The maximum atomic E-state index is 10.0. The molecule has 3 heteroatoms. The number of hydrogen-bond donors (Lipinski definition) is 0. The van der Waals surface area contributed by atoms with Crippen LogP contribution in [0.15, 0.2) is 18.3 Å². The minimum Gasteiger partial charge on any atom is -0.303 e. The lowest BCUT2D eigenvalue weighted by molar-refractivity contribution is -0.107. The van der Waals surface area contributed by atoms with Gasteiger partial charge in [0.25, 0.3) is 0 Å². The van der Waals surface area contributed by atoms with Gasteiger partial charge in [-0.1, -0.05) is 11.6 Å². The van der Waals surface area contributed by atoms with Crippen molar-refractivity contribution in [2.75, 3.05) is 0 Å². The first kappa shape index (κ1) is 7.22. The topological polar surface area (TPSA) is 30.0 Å². The van der Waals surface area contributed by atoms with Crippen LogP contribution in [-0.4, -0.2) is 11.3 Å². The summed E-state index contributed by atoms with van der Waals surface area (Å²) in [6.45, 7) is 0. The van der Waals surface area contributed by atoms with E-state index in [9.17, 15) is 4.79 Å². The highest BCUT2D eigenvalue weighted by Crippen LogP contribution is 2.11. The lowest BCUT2D eigenvalue weighted by Crippen LogP contribution is -1.90. The Morgan fingerprint density at radius 1 is 1.70 bits per heavy atom. The maximum absolute atomic E-state index is 10.0. The third kappa shape index (κ3) is 1.54. The highest BCUT2D eigenvalue weighted by atomic mass is 35.5. The molecule has 1 aromatic heterocycles. The quantitative estimate of drug-likeness (QED) is 0.606. The smallest absolute Gasteiger partial charge is 0.125 e. The molecule has 0 saturated carbocycles. The summed E-state index contributed by atoms with van der Waals surface area (Å²) in [5.41, 5.74) is 0.638. The van der Waals surface area contributed by atoms with Crippen LogP contribution < -0.4 is 0 Å². The van der Waals surface area contributed by atoms with Gasteiger partial charge in [-0.15, -0.1) is 0 Å². The number of carbonyl (C=O) groups excluding carboxylic acids is 1. The lowest BCUT2D eigenvalue weighted by Gasteiger charge is -1.94. The number of pyridine rings is 1. The van der Waals surface area contributed by atoms with E-state index in [0.29, 0.717) is 17.1 Å². The van der Waals surface area contributed by atoms with Crippen molar-refractivity contribution in [1.29, 1.82) is 0 Å². The fourth-order valence-corrected chi connectivity index (χ4v) is 0.846. The predicted octanol–water partition coefficient (Wildman–Crippen LogP) is 1.48. The van der Waals surface area contributed by atoms with Gasteiger partial charge in [-0.25, -0.2) is 0 Å². The first-order chi connectivity index (χ1) is 4.84. The Balaban J connectivity index is 2.91. The second kappa shape index (κ2) is 3.32. The van der Waals surface area contributed by atoms with E-state index >= 15 is 0 Å². The van der Waals surface area contributed by atoms with Crippen LogP contribution in [0, 0.1) is 0 Å². The van der Waals surface area contributed by atoms with Crippen LogP contribution in [0.3, 0.4) is 0 Å². The van der Waals surface area contributed by atoms with Crippen molar-refractivity contribution in [2.45, 2.75) is 6.42 Å². The first-order valence-electron chi connectivity index (χ1n) is 2.87. The molecule has 0 aliphatic carbocycles. The fourth-order valence-electron chi connectivity index (χ4n) is 0.648. The van der Waals surface area contributed by atoms with Crippen molar-refractivity contribution in [2.24, 2.45) is 0 Å². The summed E-state index contributed by atoms with van der Waals surface area (Å²) in [5.74, 6) is 0. The Labute approximate surface area is 63.8 Å². The van der Waals surface area contributed by atoms with Gasteiger partial charge in [-0.05, 0) is 12.1 Å². The van der Waals surface area contributed by atoms with Crippen LogP contribution in [-0.2, 0) is 11.2 Å². The molecule has 10 heavy (non-hydrogen) atoms. The van der Waals surface area contributed by atoms with E-state index in [1.54, 1.807) is 18.3 Å². The van der Waals surface area contributed by atoms with Gasteiger partial charge in [0.05, 0.1) is 10.7 Å². The molecule has 0 spiro atoms. The molecular weight excluding hydrogens is 150 g/mol. The summed E-state index contributed by atoms with van der Waals surface area (Å²) in [6.07, 6.45) is 2.69. The average molecular weight is 156 g/mol. The largest absolute Gasteiger partial charge is 0.303 e. The van der Waals surface area contributed by atoms with E-state index < -0.39 is 0 Å². The molecule has 1 heterocycles. The number of aromatic nitrogens is 1. The first-order valence-corrected chi connectivity index (χ1v) is 3.25. The molecule has 0 fully saturated rings. The Morgan fingerprint density at radius 2 is 2.50 bits per heavy atom. The summed E-state index contributed by atoms with van der Waals surface area (Å²) in [6, 6.07) is 3.45. The molecule has 0 amide bonds. The lowest BCUT2D eigenvalue weighted by atomic mass is 10.3. The third-order valence-electron chi connectivity index (χ3n) is 1.11. The van der Waals surface area contributed by atoms with E-state index in [4.69, 9.17) is 11.6 Å². The van der Waals surface area contributed by atoms with Gasteiger partial charge in [0, 0.05) is 12.6 Å². The molecule has 1 rings (SSSR count). The zero-order valence-electron chi connectivity index (χ0n) is 5.25. The molecule has 52 valence electrons. The zero-order chi connectivity index (χ0) is 7.40. The minimum absolute atomic E-state index is 0.291. The van der Waals surface area contributed by atoms with E-state index in [2.05, 4.69) is 4.98 Å². The van der Waals surface area contributed by atoms with Gasteiger partial charge in [0.1, 0.15) is 6.29 Å². The van der Waals surface area contributed by atoms with Crippen LogP contribution in [0.5, 0.6) is 0 Å². The second-order valence-electron chi connectivity index (χ2n) is 1.80. The van der Waals surface area contributed by atoms with Crippen LogP contribution in [0.25, 0.3) is 0 Å². The van der Waals surface area contributed by atoms with Crippen molar-refractivity contribution in [1.82, 2.24) is 4.98 Å². The zero-order valence-corrected chi connectivity index (χ0v) is 6.01. The van der Waals surface area contributed by atoms with Crippen molar-refractivity contribution in [3.8, 4) is 0 Å². The highest BCUT2D eigenvalue weighted by molar-refractivity contribution is 6.31. The van der Waals surface area contributed by atoms with Gasteiger partial charge in [0.15, 0.2) is 0 Å². The molecule has 0 unspecified atom stereocenters. The normalized spacial score (nSPS) is 9.30. The van der Waals surface area contributed by atoms with E-state index in [1.165, 1.54) is 0 Å². The van der Waals surface area contributed by atoms with Crippen molar-refractivity contribution in [3.05, 3.63) is 29.0 Å². The SMILES string of the molecule is O=CCc1ncccc1Cl. The molecule has 0 radical (unpaired) electrons. The maximum Gasteiger partial charge on any atom is 0.125 e. The molecular formula is C7H6ClNO. The van der Waals surface area contributed by atoms with Gasteiger partial charge in [-0.3, -0.25) is 4.98 Å². The molecule has 1 aromatic rings. The molecule has 0 saturated heterocycles. The number of aldehydes is 1. The second-order valence-corrected chi connectivity index (χ2v) is 2.21. The summed E-state index contributed by atoms with van der Waals surface area (Å²) < 4.78 is 0. The minimum atomic E-state index is 0.291. The van der Waals surface area contributed by atoms with Crippen molar-refractivity contribution >= 4 is 17.9 Å². The summed E-state index contributed by atoms with van der Waals surface area (Å²) >= 11 is 5.68. The van der Waals surface area contributed by atoms with Crippen molar-refractivity contribution in [3.63, 3.8) is 0 Å². The molecule has 2 nitrogen and oxygen atoms in total. The Kier molecular flexibility index (Phi) is 2.40. The van der Waals surface area contributed by atoms with Crippen LogP contribution in [0.2, 0.25) is 5.02 Å². The third-order valence-corrected chi connectivity index (χ3v) is 1.46. The summed E-state index contributed by atoms with van der Waals surface area (Å²) in [4.78, 5) is 13.9. The summed E-state index contributed by atoms with van der Waals surface area (Å²) in [7, 11) is 0. The Morgan fingerprint density at radius 3 is 3.10 bits per heavy atom. The van der Waals surface area contributed by atoms with Crippen LogP contribution in [0.4, 0.5) is 0 Å². The Hall–Kier alpha value is -0.890. The van der Waals surface area contributed by atoms with E-state index in [-0.39, 0.29) is 0 Å². The standard InChI is InChI=1S/C7H6ClNO/c8-6-2-1-4-9-7(6)3-5-10/h1-2,4-5H,3H2. The monoisotopic (exact) mass is 155 g/mol. The van der Waals surface area contributed by atoms with Gasteiger partial charge < -0.3 is 4.79 Å². The highest BCUT2D eigenvalue weighted by Gasteiger charge is 1.96. The van der Waals surface area contributed by atoms with Gasteiger partial charge in [-0.2, -0.15) is 0 Å². The number of carbonyl (C=O) groups is 1. The molecule has 0 N–H and O–H groups in total. The van der Waals surface area contributed by atoms with E-state index in [1.807, 2.05) is 0 Å². The van der Waals surface area contributed by atoms with Gasteiger partial charge in [0.2, 0.25) is 0 Å². The molecule has 0 aliphatic rings. The Bertz CT molecular complexity index is 237. The summed E-state index contributed by atoms with van der Waals surface area (Å²) in [5, 5.41) is 0.551. The predicted molar refractivity (Wildman–Crippen MR) is 39.0 cm³/mol. The van der Waals surface area contributed by atoms with Gasteiger partial charge >= 0.3 is 0 Å². The van der Waals surface area contributed by atoms with Crippen LogP contribution in [0.1, 0.15) is 5.69 Å². The van der Waals surface area contributed by atoms with Crippen LogP contribution >= 0.6 is 11.6 Å². The number of halogens is 1. The van der Waals surface area contributed by atoms with E-state index in [0.717, 1.165) is 6.29 Å². The number of rotatable bonds is 2. The fraction of sp³-hybridized carbons (Fsp3) is 0.143. The molecule has 0 atom stereocenters. The molecule has 0 aliphatic heterocycles.